The Labute approximate surface area is 83.0 Å². The van der Waals surface area contributed by atoms with E-state index in [1.54, 1.807) is 18.4 Å². The lowest BCUT2D eigenvalue weighted by molar-refractivity contribution is 0.0696. The summed E-state index contributed by atoms with van der Waals surface area (Å²) in [7, 11) is 0. The maximum Gasteiger partial charge on any atom is 0.365 e. The molecule has 0 aromatic carbocycles. The Morgan fingerprint density at radius 1 is 1.64 bits per heavy atom. The molecule has 0 radical (unpaired) electrons. The van der Waals surface area contributed by atoms with Crippen molar-refractivity contribution in [2.24, 2.45) is 0 Å². The Hall–Kier alpha value is -1.69. The first kappa shape index (κ1) is 8.89. The minimum atomic E-state index is -1.03. The van der Waals surface area contributed by atoms with Gasteiger partial charge in [-0.1, -0.05) is 5.16 Å². The lowest BCUT2D eigenvalue weighted by Gasteiger charge is -1.84. The predicted molar refractivity (Wildman–Crippen MR) is 49.3 cm³/mol. The average molecular weight is 210 g/mol. The predicted octanol–water partition coefficient (Wildman–Crippen LogP) is 1.80. The number of carboxylic acids is 1. The van der Waals surface area contributed by atoms with Crippen LogP contribution in [0.2, 0.25) is 0 Å². The molecule has 72 valence electrons. The van der Waals surface area contributed by atoms with Crippen molar-refractivity contribution in [3.8, 4) is 11.5 Å². The van der Waals surface area contributed by atoms with E-state index in [2.05, 4.69) is 10.1 Å². The normalized spacial score (nSPS) is 10.4. The summed E-state index contributed by atoms with van der Waals surface area (Å²) in [6.45, 7) is 1.79. The van der Waals surface area contributed by atoms with Gasteiger partial charge in [-0.3, -0.25) is 0 Å². The molecule has 0 amide bonds. The standard InChI is InChI=1S/C8H6N2O3S/c1-4-2-6(13-10-4)5-3-14-7(9-5)8(11)12/h2-3H,1H3,(H,11,12). The summed E-state index contributed by atoms with van der Waals surface area (Å²) < 4.78 is 4.94. The van der Waals surface area contributed by atoms with Gasteiger partial charge in [0, 0.05) is 11.4 Å². The van der Waals surface area contributed by atoms with Crippen molar-refractivity contribution in [3.63, 3.8) is 0 Å². The van der Waals surface area contributed by atoms with Crippen LogP contribution in [0.5, 0.6) is 0 Å². The maximum atomic E-state index is 10.6. The van der Waals surface area contributed by atoms with Crippen molar-refractivity contribution < 1.29 is 14.4 Å². The van der Waals surface area contributed by atoms with Gasteiger partial charge in [0.2, 0.25) is 5.01 Å². The second-order valence-electron chi connectivity index (χ2n) is 2.68. The van der Waals surface area contributed by atoms with E-state index in [4.69, 9.17) is 9.63 Å². The highest BCUT2D eigenvalue weighted by molar-refractivity contribution is 7.11. The summed E-state index contributed by atoms with van der Waals surface area (Å²) in [6, 6.07) is 1.71. The lowest BCUT2D eigenvalue weighted by Crippen LogP contribution is -1.93. The minimum absolute atomic E-state index is 0.0500. The third-order valence-corrected chi connectivity index (χ3v) is 2.40. The number of nitrogens with zero attached hydrogens (tertiary/aromatic N) is 2. The molecule has 2 rings (SSSR count). The van der Waals surface area contributed by atoms with E-state index >= 15 is 0 Å². The van der Waals surface area contributed by atoms with Crippen molar-refractivity contribution in [2.45, 2.75) is 6.92 Å². The molecule has 0 saturated heterocycles. The first-order valence-corrected chi connectivity index (χ1v) is 4.67. The van der Waals surface area contributed by atoms with Crippen LogP contribution in [0, 0.1) is 6.92 Å². The number of aromatic carboxylic acids is 1. The Balaban J connectivity index is 2.38. The van der Waals surface area contributed by atoms with Crippen molar-refractivity contribution in [2.75, 3.05) is 0 Å². The third-order valence-electron chi connectivity index (χ3n) is 1.57. The van der Waals surface area contributed by atoms with Gasteiger partial charge in [0.25, 0.3) is 0 Å². The summed E-state index contributed by atoms with van der Waals surface area (Å²) in [5, 5.41) is 14.0. The number of hydrogen-bond donors (Lipinski definition) is 1. The molecular weight excluding hydrogens is 204 g/mol. The summed E-state index contributed by atoms with van der Waals surface area (Å²) in [4.78, 5) is 14.4. The molecule has 0 spiro atoms. The highest BCUT2D eigenvalue weighted by Gasteiger charge is 2.12. The zero-order valence-corrected chi connectivity index (χ0v) is 8.04. The van der Waals surface area contributed by atoms with Crippen LogP contribution in [0.15, 0.2) is 16.0 Å². The van der Waals surface area contributed by atoms with E-state index in [1.165, 1.54) is 0 Å². The summed E-state index contributed by atoms with van der Waals surface area (Å²) in [5.41, 5.74) is 1.25. The van der Waals surface area contributed by atoms with Gasteiger partial charge in [0.1, 0.15) is 5.69 Å². The number of carbonyl (C=O) groups is 1. The smallest absolute Gasteiger partial charge is 0.365 e. The molecule has 0 aliphatic carbocycles. The minimum Gasteiger partial charge on any atom is -0.476 e. The van der Waals surface area contributed by atoms with Gasteiger partial charge in [0.15, 0.2) is 5.76 Å². The first-order chi connectivity index (χ1) is 6.66. The third kappa shape index (κ3) is 1.51. The van der Waals surface area contributed by atoms with Crippen molar-refractivity contribution in [3.05, 3.63) is 22.1 Å². The highest BCUT2D eigenvalue weighted by Crippen LogP contribution is 2.22. The average Bonchev–Trinajstić information content (AvgIpc) is 2.70. The van der Waals surface area contributed by atoms with Crippen molar-refractivity contribution in [1.82, 2.24) is 10.1 Å². The van der Waals surface area contributed by atoms with E-state index in [0.717, 1.165) is 17.0 Å². The fraction of sp³-hybridized carbons (Fsp3) is 0.125. The quantitative estimate of drug-likeness (QED) is 0.817. The molecule has 0 saturated carbocycles. The van der Waals surface area contributed by atoms with E-state index in [0.29, 0.717) is 11.5 Å². The maximum absolute atomic E-state index is 10.6. The fourth-order valence-electron chi connectivity index (χ4n) is 0.969. The van der Waals surface area contributed by atoms with Crippen LogP contribution in [-0.4, -0.2) is 21.2 Å². The van der Waals surface area contributed by atoms with E-state index in [1.807, 2.05) is 0 Å². The molecule has 2 aromatic heterocycles. The molecule has 0 atom stereocenters. The molecule has 2 heterocycles. The Morgan fingerprint density at radius 2 is 2.43 bits per heavy atom. The first-order valence-electron chi connectivity index (χ1n) is 3.79. The number of aromatic nitrogens is 2. The fourth-order valence-corrected chi connectivity index (χ4v) is 1.61. The number of hydrogen-bond acceptors (Lipinski definition) is 5. The summed E-state index contributed by atoms with van der Waals surface area (Å²) in [6.07, 6.45) is 0. The zero-order valence-electron chi connectivity index (χ0n) is 7.22. The van der Waals surface area contributed by atoms with Gasteiger partial charge in [-0.15, -0.1) is 11.3 Å². The molecule has 6 heteroatoms. The number of carboxylic acid groups (broad SMARTS) is 1. The summed E-state index contributed by atoms with van der Waals surface area (Å²) >= 11 is 1.06. The van der Waals surface area contributed by atoms with Crippen molar-refractivity contribution in [1.29, 1.82) is 0 Å². The van der Waals surface area contributed by atoms with Gasteiger partial charge >= 0.3 is 5.97 Å². The largest absolute Gasteiger partial charge is 0.476 e. The van der Waals surface area contributed by atoms with Gasteiger partial charge < -0.3 is 9.63 Å². The molecule has 0 bridgehead atoms. The molecular formula is C8H6N2O3S. The van der Waals surface area contributed by atoms with Crippen molar-refractivity contribution >= 4 is 17.3 Å². The molecule has 0 unspecified atom stereocenters. The molecule has 14 heavy (non-hydrogen) atoms. The highest BCUT2D eigenvalue weighted by atomic mass is 32.1. The summed E-state index contributed by atoms with van der Waals surface area (Å²) in [5.74, 6) is -0.538. The van der Waals surface area contributed by atoms with Crippen LogP contribution in [0.4, 0.5) is 0 Å². The SMILES string of the molecule is Cc1cc(-c2csc(C(=O)O)n2)on1. The van der Waals surface area contributed by atoms with Gasteiger partial charge in [0.05, 0.1) is 5.69 Å². The zero-order chi connectivity index (χ0) is 10.1. The van der Waals surface area contributed by atoms with E-state index in [-0.39, 0.29) is 5.01 Å². The second-order valence-corrected chi connectivity index (χ2v) is 3.53. The molecule has 5 nitrogen and oxygen atoms in total. The van der Waals surface area contributed by atoms with Gasteiger partial charge in [-0.05, 0) is 6.92 Å². The Morgan fingerprint density at radius 3 is 2.93 bits per heavy atom. The molecule has 0 fully saturated rings. The van der Waals surface area contributed by atoms with Gasteiger partial charge in [-0.2, -0.15) is 0 Å². The van der Waals surface area contributed by atoms with E-state index in [9.17, 15) is 4.79 Å². The number of thiazole rings is 1. The van der Waals surface area contributed by atoms with Crippen LogP contribution in [0.3, 0.4) is 0 Å². The molecule has 0 aliphatic rings. The number of aryl methyl sites for hydroxylation is 1. The van der Waals surface area contributed by atoms with Crippen LogP contribution in [-0.2, 0) is 0 Å². The lowest BCUT2D eigenvalue weighted by atomic mass is 10.3. The van der Waals surface area contributed by atoms with Gasteiger partial charge in [-0.25, -0.2) is 9.78 Å². The molecule has 2 aromatic rings. The van der Waals surface area contributed by atoms with Crippen LogP contribution >= 0.6 is 11.3 Å². The topological polar surface area (TPSA) is 76.2 Å². The number of rotatable bonds is 2. The Kier molecular flexibility index (Phi) is 2.05. The Bertz CT molecular complexity index is 474. The van der Waals surface area contributed by atoms with Crippen LogP contribution in [0.1, 0.15) is 15.5 Å². The van der Waals surface area contributed by atoms with Crippen LogP contribution < -0.4 is 0 Å². The monoisotopic (exact) mass is 210 g/mol. The molecule has 1 N–H and O–H groups in total. The van der Waals surface area contributed by atoms with Crippen LogP contribution in [0.25, 0.3) is 11.5 Å². The molecule has 0 aliphatic heterocycles. The second kappa shape index (κ2) is 3.22. The van der Waals surface area contributed by atoms with E-state index < -0.39 is 5.97 Å².